The number of hydrogen-bond acceptors (Lipinski definition) is 4. The van der Waals surface area contributed by atoms with Gasteiger partial charge in [0.25, 0.3) is 0 Å². The highest BCUT2D eigenvalue weighted by atomic mass is 19.1. The van der Waals surface area contributed by atoms with Gasteiger partial charge in [0.15, 0.2) is 11.8 Å². The predicted octanol–water partition coefficient (Wildman–Crippen LogP) is 1.55. The Hall–Kier alpha value is -2.22. The van der Waals surface area contributed by atoms with Gasteiger partial charge < -0.3 is 4.42 Å². The van der Waals surface area contributed by atoms with Gasteiger partial charge in [-0.05, 0) is 6.07 Å². The molecule has 14 heavy (non-hydrogen) atoms. The highest BCUT2D eigenvalue weighted by molar-refractivity contribution is 5.55. The van der Waals surface area contributed by atoms with E-state index in [4.69, 9.17) is 9.68 Å². The Morgan fingerprint density at radius 2 is 2.43 bits per heavy atom. The molecule has 0 aromatic carbocycles. The highest BCUT2D eigenvalue weighted by Gasteiger charge is 2.10. The second-order valence-electron chi connectivity index (χ2n) is 2.42. The molecule has 4 nitrogen and oxygen atoms in total. The summed E-state index contributed by atoms with van der Waals surface area (Å²) in [5, 5.41) is 8.44. The maximum atomic E-state index is 13.1. The molecule has 0 fully saturated rings. The van der Waals surface area contributed by atoms with Crippen molar-refractivity contribution < 1.29 is 8.81 Å². The number of aromatic nitrogens is 2. The molecule has 0 bridgehead atoms. The van der Waals surface area contributed by atoms with Gasteiger partial charge in [-0.25, -0.2) is 9.37 Å². The Morgan fingerprint density at radius 3 is 3.07 bits per heavy atom. The van der Waals surface area contributed by atoms with Crippen molar-refractivity contribution in [3.05, 3.63) is 36.4 Å². The van der Waals surface area contributed by atoms with Gasteiger partial charge >= 0.3 is 5.89 Å². The molecule has 2 heterocycles. The molecule has 0 saturated carbocycles. The molecule has 5 heteroatoms. The first-order valence-corrected chi connectivity index (χ1v) is 3.70. The standard InChI is InChI=1S/C9H3FN3O/c10-7-1-2-12-4-6(7)8-5-13-9(3-11)14-8/h1-2,5H. The van der Waals surface area contributed by atoms with Crippen molar-refractivity contribution in [2.75, 3.05) is 0 Å². The number of nitrogens with zero attached hydrogens (tertiary/aromatic N) is 3. The third kappa shape index (κ3) is 1.33. The van der Waals surface area contributed by atoms with Crippen molar-refractivity contribution in [3.8, 4) is 17.4 Å². The van der Waals surface area contributed by atoms with E-state index < -0.39 is 5.82 Å². The fourth-order valence-corrected chi connectivity index (χ4v) is 0.955. The van der Waals surface area contributed by atoms with Crippen molar-refractivity contribution in [1.82, 2.24) is 9.97 Å². The maximum absolute atomic E-state index is 13.1. The summed E-state index contributed by atoms with van der Waals surface area (Å²) in [6, 6.07) is 2.88. The summed E-state index contributed by atoms with van der Waals surface area (Å²) in [5.41, 5.74) is 0.0708. The molecule has 67 valence electrons. The van der Waals surface area contributed by atoms with Gasteiger partial charge in [0.05, 0.1) is 11.8 Å². The lowest BCUT2D eigenvalue weighted by Gasteiger charge is -1.94. The summed E-state index contributed by atoms with van der Waals surface area (Å²) in [6.07, 6.45) is 4.96. The van der Waals surface area contributed by atoms with E-state index in [-0.39, 0.29) is 17.2 Å². The minimum Gasteiger partial charge on any atom is -0.428 e. The van der Waals surface area contributed by atoms with Crippen LogP contribution in [0.3, 0.4) is 0 Å². The van der Waals surface area contributed by atoms with Crippen LogP contribution in [0.25, 0.3) is 11.3 Å². The van der Waals surface area contributed by atoms with Crippen molar-refractivity contribution in [1.29, 1.82) is 5.26 Å². The average molecular weight is 188 g/mol. The molecular formula is C9H3FN3O. The molecule has 2 aromatic rings. The Balaban J connectivity index is 2.51. The molecular weight excluding hydrogens is 185 g/mol. The fourth-order valence-electron chi connectivity index (χ4n) is 0.955. The summed E-state index contributed by atoms with van der Waals surface area (Å²) < 4.78 is 18.1. The monoisotopic (exact) mass is 188 g/mol. The van der Waals surface area contributed by atoms with Crippen molar-refractivity contribution in [3.63, 3.8) is 0 Å². The SMILES string of the molecule is N#Cc1ncc(-c2[c]nccc2F)o1. The summed E-state index contributed by atoms with van der Waals surface area (Å²) in [4.78, 5) is 7.23. The van der Waals surface area contributed by atoms with Gasteiger partial charge in [-0.1, -0.05) is 0 Å². The predicted molar refractivity (Wildman–Crippen MR) is 43.2 cm³/mol. The lowest BCUT2D eigenvalue weighted by atomic mass is 10.2. The van der Waals surface area contributed by atoms with Gasteiger partial charge in [0.1, 0.15) is 12.0 Å². The summed E-state index contributed by atoms with van der Waals surface area (Å²) in [5.74, 6) is -0.482. The molecule has 0 aliphatic carbocycles. The molecule has 0 aliphatic rings. The van der Waals surface area contributed by atoms with Gasteiger partial charge in [0, 0.05) is 6.20 Å². The van der Waals surface area contributed by atoms with Crippen LogP contribution in [0.1, 0.15) is 5.89 Å². The molecule has 0 unspecified atom stereocenters. The molecule has 1 radical (unpaired) electrons. The zero-order valence-corrected chi connectivity index (χ0v) is 6.86. The molecule has 0 aliphatic heterocycles. The quantitative estimate of drug-likeness (QED) is 0.681. The molecule has 0 atom stereocenters. The Labute approximate surface area is 78.6 Å². The van der Waals surface area contributed by atoms with Gasteiger partial charge in [0.2, 0.25) is 0 Å². The first-order valence-electron chi connectivity index (χ1n) is 3.70. The number of rotatable bonds is 1. The lowest BCUT2D eigenvalue weighted by molar-refractivity contribution is 0.546. The third-order valence-electron chi connectivity index (χ3n) is 1.56. The zero-order chi connectivity index (χ0) is 9.97. The molecule has 0 spiro atoms. The molecule has 0 N–H and O–H groups in total. The van der Waals surface area contributed by atoms with Gasteiger partial charge in [-0.3, -0.25) is 4.98 Å². The lowest BCUT2D eigenvalue weighted by Crippen LogP contribution is -1.83. The van der Waals surface area contributed by atoms with Crippen LogP contribution in [-0.4, -0.2) is 9.97 Å². The van der Waals surface area contributed by atoms with Crippen LogP contribution in [0.15, 0.2) is 22.9 Å². The van der Waals surface area contributed by atoms with Gasteiger partial charge in [-0.2, -0.15) is 5.26 Å². The van der Waals surface area contributed by atoms with Crippen molar-refractivity contribution >= 4 is 0 Å². The minimum atomic E-state index is -0.513. The van der Waals surface area contributed by atoms with Crippen LogP contribution < -0.4 is 0 Å². The van der Waals surface area contributed by atoms with E-state index >= 15 is 0 Å². The molecule has 2 aromatic heterocycles. The molecule has 0 saturated heterocycles. The van der Waals surface area contributed by atoms with Crippen LogP contribution in [-0.2, 0) is 0 Å². The van der Waals surface area contributed by atoms with Crippen molar-refractivity contribution in [2.24, 2.45) is 0 Å². The zero-order valence-electron chi connectivity index (χ0n) is 6.86. The number of oxazole rings is 1. The van der Waals surface area contributed by atoms with E-state index in [0.717, 1.165) is 0 Å². The highest BCUT2D eigenvalue weighted by Crippen LogP contribution is 2.21. The minimum absolute atomic E-state index is 0.0708. The average Bonchev–Trinajstić information content (AvgIpc) is 2.67. The van der Waals surface area contributed by atoms with E-state index in [1.54, 1.807) is 6.07 Å². The first-order chi connectivity index (χ1) is 6.81. The normalized spacial score (nSPS) is 9.71. The van der Waals surface area contributed by atoms with Crippen LogP contribution in [0.4, 0.5) is 4.39 Å². The van der Waals surface area contributed by atoms with E-state index in [1.165, 1.54) is 18.5 Å². The number of nitriles is 1. The smallest absolute Gasteiger partial charge is 0.301 e. The fraction of sp³-hybridized carbons (Fsp3) is 0. The third-order valence-corrected chi connectivity index (χ3v) is 1.56. The van der Waals surface area contributed by atoms with Crippen LogP contribution in [0.5, 0.6) is 0 Å². The first kappa shape index (κ1) is 8.38. The summed E-state index contributed by atoms with van der Waals surface area (Å²) >= 11 is 0. The summed E-state index contributed by atoms with van der Waals surface area (Å²) in [6.45, 7) is 0. The molecule has 0 amide bonds. The second-order valence-corrected chi connectivity index (χ2v) is 2.42. The Bertz CT molecular complexity index is 501. The van der Waals surface area contributed by atoms with E-state index in [0.29, 0.717) is 0 Å². The Kier molecular flexibility index (Phi) is 1.95. The van der Waals surface area contributed by atoms with Crippen LogP contribution in [0.2, 0.25) is 0 Å². The molecule has 2 rings (SSSR count). The summed E-state index contributed by atoms with van der Waals surface area (Å²) in [7, 11) is 0. The second kappa shape index (κ2) is 3.26. The van der Waals surface area contributed by atoms with E-state index in [2.05, 4.69) is 16.2 Å². The number of halogens is 1. The number of pyridine rings is 1. The van der Waals surface area contributed by atoms with E-state index in [9.17, 15) is 4.39 Å². The van der Waals surface area contributed by atoms with Gasteiger partial charge in [-0.15, -0.1) is 0 Å². The van der Waals surface area contributed by atoms with Crippen LogP contribution in [0, 0.1) is 23.3 Å². The maximum Gasteiger partial charge on any atom is 0.301 e. The topological polar surface area (TPSA) is 62.7 Å². The Morgan fingerprint density at radius 1 is 1.57 bits per heavy atom. The van der Waals surface area contributed by atoms with E-state index in [1.807, 2.05) is 0 Å². The number of hydrogen-bond donors (Lipinski definition) is 0. The largest absolute Gasteiger partial charge is 0.428 e. The van der Waals surface area contributed by atoms with Crippen LogP contribution >= 0.6 is 0 Å². The van der Waals surface area contributed by atoms with Crippen molar-refractivity contribution in [2.45, 2.75) is 0 Å².